The van der Waals surface area contributed by atoms with Gasteiger partial charge < -0.3 is 4.98 Å². The number of nitrogens with one attached hydrogen (secondary N) is 1. The van der Waals surface area contributed by atoms with Crippen molar-refractivity contribution in [3.8, 4) is 0 Å². The van der Waals surface area contributed by atoms with Crippen LogP contribution in [0.25, 0.3) is 10.9 Å². The number of hydrogen-bond acceptors (Lipinski definition) is 1. The minimum absolute atomic E-state index is 0.00755. The lowest BCUT2D eigenvalue weighted by Gasteiger charge is -1.95. The molecule has 0 unspecified atom stereocenters. The summed E-state index contributed by atoms with van der Waals surface area (Å²) in [6, 6.07) is 5.89. The number of fused-ring (bicyclic) bond motifs is 1. The summed E-state index contributed by atoms with van der Waals surface area (Å²) >= 11 is 5.94. The SMILES string of the molecule is CC(=O)c1c(Cl)[nH]c2ccc(C)cc12. The quantitative estimate of drug-likeness (QED) is 0.715. The number of ketones is 1. The van der Waals surface area contributed by atoms with Crippen molar-refractivity contribution in [3.63, 3.8) is 0 Å². The van der Waals surface area contributed by atoms with E-state index in [1.165, 1.54) is 6.92 Å². The molecule has 0 aliphatic heterocycles. The van der Waals surface area contributed by atoms with E-state index in [-0.39, 0.29) is 5.78 Å². The Hall–Kier alpha value is -1.28. The molecule has 1 aromatic heterocycles. The Bertz CT molecular complexity index is 513. The lowest BCUT2D eigenvalue weighted by Crippen LogP contribution is -1.90. The van der Waals surface area contributed by atoms with Crippen LogP contribution < -0.4 is 0 Å². The number of rotatable bonds is 1. The minimum Gasteiger partial charge on any atom is -0.345 e. The van der Waals surface area contributed by atoms with Gasteiger partial charge in [0, 0.05) is 10.9 Å². The van der Waals surface area contributed by atoms with Gasteiger partial charge in [-0.2, -0.15) is 0 Å². The fraction of sp³-hybridized carbons (Fsp3) is 0.182. The maximum atomic E-state index is 11.3. The van der Waals surface area contributed by atoms with Crippen LogP contribution in [-0.2, 0) is 0 Å². The zero-order valence-corrected chi connectivity index (χ0v) is 8.77. The predicted octanol–water partition coefficient (Wildman–Crippen LogP) is 3.33. The normalized spacial score (nSPS) is 10.8. The molecule has 0 atom stereocenters. The molecule has 3 heteroatoms. The third kappa shape index (κ3) is 1.32. The summed E-state index contributed by atoms with van der Waals surface area (Å²) in [5.41, 5.74) is 2.62. The summed E-state index contributed by atoms with van der Waals surface area (Å²) in [6.45, 7) is 3.51. The molecule has 14 heavy (non-hydrogen) atoms. The number of aromatic amines is 1. The molecule has 0 bridgehead atoms. The van der Waals surface area contributed by atoms with E-state index in [1.54, 1.807) is 0 Å². The number of H-pyrrole nitrogens is 1. The van der Waals surface area contributed by atoms with Gasteiger partial charge in [-0.1, -0.05) is 23.2 Å². The molecule has 2 aromatic rings. The molecule has 1 N–H and O–H groups in total. The van der Waals surface area contributed by atoms with Crippen LogP contribution in [0.15, 0.2) is 18.2 Å². The van der Waals surface area contributed by atoms with Gasteiger partial charge in [0.2, 0.25) is 0 Å². The molecular weight excluding hydrogens is 198 g/mol. The molecule has 0 radical (unpaired) electrons. The first-order valence-corrected chi connectivity index (χ1v) is 4.76. The topological polar surface area (TPSA) is 32.9 Å². The lowest BCUT2D eigenvalue weighted by molar-refractivity contribution is 0.101. The Morgan fingerprint density at radius 2 is 2.14 bits per heavy atom. The molecule has 72 valence electrons. The zero-order valence-electron chi connectivity index (χ0n) is 8.02. The van der Waals surface area contributed by atoms with Gasteiger partial charge in [-0.05, 0) is 26.0 Å². The molecule has 0 amide bonds. The highest BCUT2D eigenvalue weighted by Gasteiger charge is 2.13. The largest absolute Gasteiger partial charge is 0.345 e. The number of Topliss-reactive ketones (excluding diaryl/α,β-unsaturated/α-hetero) is 1. The number of carbonyl (C=O) groups excluding carboxylic acids is 1. The van der Waals surface area contributed by atoms with Crippen molar-refractivity contribution in [2.75, 3.05) is 0 Å². The van der Waals surface area contributed by atoms with Gasteiger partial charge in [-0.3, -0.25) is 4.79 Å². The molecule has 1 aromatic carbocycles. The summed E-state index contributed by atoms with van der Waals surface area (Å²) in [5.74, 6) is -0.00755. The van der Waals surface area contributed by atoms with Gasteiger partial charge in [0.25, 0.3) is 0 Å². The number of aromatic nitrogens is 1. The highest BCUT2D eigenvalue weighted by atomic mass is 35.5. The molecule has 1 heterocycles. The standard InChI is InChI=1S/C11H10ClNO/c1-6-3-4-9-8(5-6)10(7(2)14)11(12)13-9/h3-5,13H,1-2H3. The van der Waals surface area contributed by atoms with Crippen LogP contribution in [-0.4, -0.2) is 10.8 Å². The molecule has 2 rings (SSSR count). The van der Waals surface area contributed by atoms with E-state index in [9.17, 15) is 4.79 Å². The molecule has 0 aliphatic carbocycles. The van der Waals surface area contributed by atoms with Crippen LogP contribution in [0.1, 0.15) is 22.8 Å². The van der Waals surface area contributed by atoms with Crippen LogP contribution in [0.4, 0.5) is 0 Å². The van der Waals surface area contributed by atoms with Gasteiger partial charge in [0.05, 0.1) is 5.56 Å². The maximum Gasteiger partial charge on any atom is 0.163 e. The van der Waals surface area contributed by atoms with E-state index in [1.807, 2.05) is 25.1 Å². The Morgan fingerprint density at radius 3 is 2.79 bits per heavy atom. The molecule has 0 spiro atoms. The van der Waals surface area contributed by atoms with E-state index < -0.39 is 0 Å². The van der Waals surface area contributed by atoms with E-state index in [4.69, 9.17) is 11.6 Å². The number of carbonyl (C=O) groups is 1. The number of benzene rings is 1. The molecular formula is C11H10ClNO. The van der Waals surface area contributed by atoms with Crippen LogP contribution in [0.2, 0.25) is 5.15 Å². The van der Waals surface area contributed by atoms with E-state index >= 15 is 0 Å². The Balaban J connectivity index is 2.86. The Morgan fingerprint density at radius 1 is 1.43 bits per heavy atom. The van der Waals surface area contributed by atoms with Crippen molar-refractivity contribution in [2.45, 2.75) is 13.8 Å². The fourth-order valence-electron chi connectivity index (χ4n) is 1.62. The first-order chi connectivity index (χ1) is 6.59. The van der Waals surface area contributed by atoms with Crippen LogP contribution in [0.3, 0.4) is 0 Å². The van der Waals surface area contributed by atoms with Crippen LogP contribution >= 0.6 is 11.6 Å². The average molecular weight is 208 g/mol. The van der Waals surface area contributed by atoms with Gasteiger partial charge in [0.15, 0.2) is 5.78 Å². The monoisotopic (exact) mass is 207 g/mol. The van der Waals surface area contributed by atoms with Gasteiger partial charge in [-0.15, -0.1) is 0 Å². The summed E-state index contributed by atoms with van der Waals surface area (Å²) < 4.78 is 0. The highest BCUT2D eigenvalue weighted by molar-refractivity contribution is 6.35. The van der Waals surface area contributed by atoms with Crippen molar-refractivity contribution in [1.82, 2.24) is 4.98 Å². The number of halogens is 1. The zero-order chi connectivity index (χ0) is 10.3. The summed E-state index contributed by atoms with van der Waals surface area (Å²) in [4.78, 5) is 14.3. The van der Waals surface area contributed by atoms with E-state index in [2.05, 4.69) is 4.98 Å². The number of hydrogen-bond donors (Lipinski definition) is 1. The highest BCUT2D eigenvalue weighted by Crippen LogP contribution is 2.27. The average Bonchev–Trinajstić information content (AvgIpc) is 2.40. The van der Waals surface area contributed by atoms with Crippen molar-refractivity contribution >= 4 is 28.3 Å². The Labute approximate surface area is 86.9 Å². The lowest BCUT2D eigenvalue weighted by atomic mass is 10.1. The second-order valence-electron chi connectivity index (χ2n) is 3.42. The predicted molar refractivity (Wildman–Crippen MR) is 58.1 cm³/mol. The summed E-state index contributed by atoms with van der Waals surface area (Å²) in [7, 11) is 0. The van der Waals surface area contributed by atoms with Gasteiger partial charge in [-0.25, -0.2) is 0 Å². The van der Waals surface area contributed by atoms with Gasteiger partial charge >= 0.3 is 0 Å². The minimum atomic E-state index is -0.00755. The van der Waals surface area contributed by atoms with Crippen molar-refractivity contribution in [2.24, 2.45) is 0 Å². The van der Waals surface area contributed by atoms with Crippen molar-refractivity contribution in [3.05, 3.63) is 34.5 Å². The third-order valence-electron chi connectivity index (χ3n) is 2.26. The molecule has 0 saturated carbocycles. The van der Waals surface area contributed by atoms with Crippen LogP contribution in [0.5, 0.6) is 0 Å². The summed E-state index contributed by atoms with van der Waals surface area (Å²) in [6.07, 6.45) is 0. The third-order valence-corrected chi connectivity index (χ3v) is 2.54. The van der Waals surface area contributed by atoms with Crippen LogP contribution in [0, 0.1) is 6.92 Å². The molecule has 0 saturated heterocycles. The molecule has 0 fully saturated rings. The first kappa shape index (κ1) is 9.28. The van der Waals surface area contributed by atoms with E-state index in [0.717, 1.165) is 16.5 Å². The van der Waals surface area contributed by atoms with Crippen molar-refractivity contribution < 1.29 is 4.79 Å². The number of aryl methyl sites for hydroxylation is 1. The van der Waals surface area contributed by atoms with E-state index in [0.29, 0.717) is 10.7 Å². The smallest absolute Gasteiger partial charge is 0.163 e. The molecule has 0 aliphatic rings. The first-order valence-electron chi connectivity index (χ1n) is 4.38. The second kappa shape index (κ2) is 3.14. The van der Waals surface area contributed by atoms with Gasteiger partial charge in [0.1, 0.15) is 5.15 Å². The maximum absolute atomic E-state index is 11.3. The fourth-order valence-corrected chi connectivity index (χ4v) is 1.95. The Kier molecular flexibility index (Phi) is 2.08. The van der Waals surface area contributed by atoms with Crippen molar-refractivity contribution in [1.29, 1.82) is 0 Å². The second-order valence-corrected chi connectivity index (χ2v) is 3.80. The molecule has 2 nitrogen and oxygen atoms in total. The summed E-state index contributed by atoms with van der Waals surface area (Å²) in [5, 5.41) is 1.33.